The number of imide groups is 2. The Morgan fingerprint density at radius 1 is 1.00 bits per heavy atom. The number of hydrogen-bond donors (Lipinski definition) is 2. The van der Waals surface area contributed by atoms with Crippen LogP contribution in [0.2, 0.25) is 0 Å². The molecule has 0 radical (unpaired) electrons. The first-order valence-electron chi connectivity index (χ1n) is 10.8. The van der Waals surface area contributed by atoms with E-state index in [9.17, 15) is 19.2 Å². The van der Waals surface area contributed by atoms with Gasteiger partial charge in [-0.25, -0.2) is 0 Å². The van der Waals surface area contributed by atoms with Crippen LogP contribution in [0.25, 0.3) is 0 Å². The summed E-state index contributed by atoms with van der Waals surface area (Å²) in [6, 6.07) is 4.44. The molecule has 4 amide bonds. The van der Waals surface area contributed by atoms with Crippen molar-refractivity contribution in [2.24, 2.45) is 11.8 Å². The summed E-state index contributed by atoms with van der Waals surface area (Å²) in [5, 5.41) is 5.72. The highest BCUT2D eigenvalue weighted by molar-refractivity contribution is 6.24. The molecular formula is C22H26N4O4. The van der Waals surface area contributed by atoms with Crippen molar-refractivity contribution in [1.29, 1.82) is 0 Å². The lowest BCUT2D eigenvalue weighted by Crippen LogP contribution is -2.54. The van der Waals surface area contributed by atoms with Gasteiger partial charge in [0, 0.05) is 19.5 Å². The molecule has 3 fully saturated rings. The van der Waals surface area contributed by atoms with Crippen molar-refractivity contribution < 1.29 is 19.2 Å². The molecule has 0 aliphatic carbocycles. The zero-order valence-electron chi connectivity index (χ0n) is 16.9. The lowest BCUT2D eigenvalue weighted by atomic mass is 9.81. The monoisotopic (exact) mass is 410 g/mol. The first kappa shape index (κ1) is 19.4. The van der Waals surface area contributed by atoms with Crippen molar-refractivity contribution in [3.05, 3.63) is 34.9 Å². The van der Waals surface area contributed by atoms with Gasteiger partial charge in [-0.3, -0.25) is 34.3 Å². The molecule has 1 aromatic rings. The third-order valence-corrected chi connectivity index (χ3v) is 7.02. The van der Waals surface area contributed by atoms with Gasteiger partial charge in [0.15, 0.2) is 0 Å². The Morgan fingerprint density at radius 2 is 1.87 bits per heavy atom. The molecular weight excluding hydrogens is 384 g/mol. The van der Waals surface area contributed by atoms with Crippen LogP contribution < -0.4 is 10.6 Å². The number of amides is 4. The molecule has 158 valence electrons. The summed E-state index contributed by atoms with van der Waals surface area (Å²) in [4.78, 5) is 53.4. The maximum absolute atomic E-state index is 13.2. The van der Waals surface area contributed by atoms with Crippen LogP contribution in [0, 0.1) is 11.8 Å². The summed E-state index contributed by atoms with van der Waals surface area (Å²) < 4.78 is 0. The number of rotatable bonds is 3. The predicted octanol–water partition coefficient (Wildman–Crippen LogP) is 0.519. The number of nitrogens with one attached hydrogen (secondary N) is 2. The molecule has 0 aromatic heterocycles. The predicted molar refractivity (Wildman–Crippen MR) is 107 cm³/mol. The maximum atomic E-state index is 13.2. The number of piperidine rings is 3. The molecule has 0 spiro atoms. The Hall–Kier alpha value is -2.58. The quantitative estimate of drug-likeness (QED) is 0.705. The summed E-state index contributed by atoms with van der Waals surface area (Å²) in [5.41, 5.74) is 1.61. The molecule has 5 rings (SSSR count). The normalized spacial score (nSPS) is 29.6. The third kappa shape index (κ3) is 3.24. The zero-order valence-corrected chi connectivity index (χ0v) is 16.9. The van der Waals surface area contributed by atoms with Gasteiger partial charge in [-0.05, 0) is 62.4 Å². The van der Waals surface area contributed by atoms with Gasteiger partial charge in [0.2, 0.25) is 11.8 Å². The Balaban J connectivity index is 1.37. The van der Waals surface area contributed by atoms with E-state index >= 15 is 0 Å². The molecule has 3 saturated heterocycles. The Kier molecular flexibility index (Phi) is 4.91. The van der Waals surface area contributed by atoms with E-state index in [-0.39, 0.29) is 18.7 Å². The lowest BCUT2D eigenvalue weighted by molar-refractivity contribution is -0.136. The van der Waals surface area contributed by atoms with Crippen LogP contribution in [0.1, 0.15) is 52.0 Å². The number of benzene rings is 1. The highest BCUT2D eigenvalue weighted by Crippen LogP contribution is 2.33. The van der Waals surface area contributed by atoms with Gasteiger partial charge in [-0.15, -0.1) is 0 Å². The second-order valence-electron chi connectivity index (χ2n) is 8.82. The Morgan fingerprint density at radius 3 is 2.70 bits per heavy atom. The summed E-state index contributed by atoms with van der Waals surface area (Å²) in [6.45, 7) is 4.73. The van der Waals surface area contributed by atoms with Crippen molar-refractivity contribution in [2.75, 3.05) is 26.2 Å². The lowest BCUT2D eigenvalue weighted by Gasteiger charge is -2.41. The van der Waals surface area contributed by atoms with Gasteiger partial charge >= 0.3 is 0 Å². The van der Waals surface area contributed by atoms with Gasteiger partial charge < -0.3 is 5.32 Å². The van der Waals surface area contributed by atoms with E-state index < -0.39 is 23.8 Å². The first-order chi connectivity index (χ1) is 14.5. The smallest absolute Gasteiger partial charge is 0.262 e. The van der Waals surface area contributed by atoms with E-state index in [0.29, 0.717) is 23.6 Å². The average molecular weight is 410 g/mol. The van der Waals surface area contributed by atoms with Gasteiger partial charge in [0.05, 0.1) is 11.1 Å². The fraction of sp³-hybridized carbons (Fsp3) is 0.545. The molecule has 4 heterocycles. The van der Waals surface area contributed by atoms with E-state index in [1.165, 1.54) is 6.42 Å². The van der Waals surface area contributed by atoms with Crippen molar-refractivity contribution in [2.45, 2.75) is 38.3 Å². The van der Waals surface area contributed by atoms with Gasteiger partial charge in [-0.2, -0.15) is 0 Å². The van der Waals surface area contributed by atoms with Crippen LogP contribution in [-0.2, 0) is 16.1 Å². The van der Waals surface area contributed by atoms with Gasteiger partial charge in [-0.1, -0.05) is 12.1 Å². The topological polar surface area (TPSA) is 98.8 Å². The molecule has 1 aromatic carbocycles. The van der Waals surface area contributed by atoms with Crippen molar-refractivity contribution in [3.63, 3.8) is 0 Å². The van der Waals surface area contributed by atoms with Crippen LogP contribution in [0.4, 0.5) is 0 Å². The van der Waals surface area contributed by atoms with Crippen molar-refractivity contribution in [3.8, 4) is 0 Å². The fourth-order valence-electron chi connectivity index (χ4n) is 5.44. The van der Waals surface area contributed by atoms with Crippen LogP contribution >= 0.6 is 0 Å². The number of likely N-dealkylation sites (tertiary alicyclic amines) is 1. The Labute approximate surface area is 175 Å². The third-order valence-electron chi connectivity index (χ3n) is 7.02. The van der Waals surface area contributed by atoms with Crippen molar-refractivity contribution >= 4 is 23.6 Å². The van der Waals surface area contributed by atoms with E-state index in [1.54, 1.807) is 6.07 Å². The number of nitrogens with zero attached hydrogens (tertiary/aromatic N) is 2. The number of carbonyl (C=O) groups excluding carboxylic acids is 4. The molecule has 0 bridgehead atoms. The second kappa shape index (κ2) is 7.59. The highest BCUT2D eigenvalue weighted by atomic mass is 16.2. The van der Waals surface area contributed by atoms with Gasteiger partial charge in [0.25, 0.3) is 11.8 Å². The highest BCUT2D eigenvalue weighted by Gasteiger charge is 2.45. The number of hydrogen-bond acceptors (Lipinski definition) is 6. The summed E-state index contributed by atoms with van der Waals surface area (Å²) in [5.74, 6) is -0.407. The second-order valence-corrected chi connectivity index (χ2v) is 8.82. The average Bonchev–Trinajstić information content (AvgIpc) is 2.99. The summed E-state index contributed by atoms with van der Waals surface area (Å²) in [7, 11) is 0. The maximum Gasteiger partial charge on any atom is 0.262 e. The van der Waals surface area contributed by atoms with E-state index in [4.69, 9.17) is 0 Å². The molecule has 8 heteroatoms. The van der Waals surface area contributed by atoms with Gasteiger partial charge in [0.1, 0.15) is 6.04 Å². The molecule has 4 aliphatic rings. The SMILES string of the molecule is O=C1CCC(N2C(=O)c3cccc(CN4CCC5CCNCC5C4)c3C2=O)C(=O)N1. The molecule has 3 atom stereocenters. The number of carbonyl (C=O) groups is 4. The summed E-state index contributed by atoms with van der Waals surface area (Å²) >= 11 is 0. The van der Waals surface area contributed by atoms with Crippen LogP contribution in [0.5, 0.6) is 0 Å². The first-order valence-corrected chi connectivity index (χ1v) is 10.8. The number of fused-ring (bicyclic) bond motifs is 2. The minimum absolute atomic E-state index is 0.126. The largest absolute Gasteiger partial charge is 0.316 e. The fourth-order valence-corrected chi connectivity index (χ4v) is 5.44. The Bertz CT molecular complexity index is 930. The minimum atomic E-state index is -0.924. The molecule has 3 unspecified atom stereocenters. The van der Waals surface area contributed by atoms with Crippen LogP contribution in [-0.4, -0.2) is 65.6 Å². The standard InChI is InChI=1S/C22H26N4O4/c27-18-5-4-17(20(28)24-18)26-21(29)16-3-1-2-14(19(16)22(26)30)11-25-9-7-13-6-8-23-10-15(13)12-25/h1-3,13,15,17,23H,4-12H2,(H,24,27,28). The molecule has 0 saturated carbocycles. The minimum Gasteiger partial charge on any atom is -0.316 e. The van der Waals surface area contributed by atoms with E-state index in [1.807, 2.05) is 12.1 Å². The van der Waals surface area contributed by atoms with Crippen LogP contribution in [0.3, 0.4) is 0 Å². The molecule has 30 heavy (non-hydrogen) atoms. The van der Waals surface area contributed by atoms with Crippen molar-refractivity contribution in [1.82, 2.24) is 20.4 Å². The zero-order chi connectivity index (χ0) is 20.8. The molecule has 2 N–H and O–H groups in total. The van der Waals surface area contributed by atoms with Crippen LogP contribution in [0.15, 0.2) is 18.2 Å². The molecule has 4 aliphatic heterocycles. The molecule has 8 nitrogen and oxygen atoms in total. The summed E-state index contributed by atoms with van der Waals surface area (Å²) in [6.07, 6.45) is 2.69. The van der Waals surface area contributed by atoms with E-state index in [0.717, 1.165) is 49.0 Å². The van der Waals surface area contributed by atoms with E-state index in [2.05, 4.69) is 15.5 Å².